The van der Waals surface area contributed by atoms with Crippen LogP contribution in [0.4, 0.5) is 0 Å². The molecule has 0 saturated carbocycles. The maximum atomic E-state index is 10.7. The van der Waals surface area contributed by atoms with Crippen molar-refractivity contribution < 1.29 is 15.0 Å². The first kappa shape index (κ1) is 14.2. The van der Waals surface area contributed by atoms with Crippen molar-refractivity contribution in [3.8, 4) is 0 Å². The van der Waals surface area contributed by atoms with Crippen molar-refractivity contribution in [2.45, 2.75) is 38.8 Å². The van der Waals surface area contributed by atoms with Crippen molar-refractivity contribution in [1.82, 2.24) is 5.32 Å². The van der Waals surface area contributed by atoms with E-state index in [0.717, 1.165) is 6.42 Å². The van der Waals surface area contributed by atoms with Crippen LogP contribution in [0.5, 0.6) is 0 Å². The average Bonchev–Trinajstić information content (AvgIpc) is 2.61. The Morgan fingerprint density at radius 1 is 1.59 bits per heavy atom. The standard InChI is InChI=1S/C12H19NO3S/c1-8(6-10-5-4-9(2)17-10)13-7-12(3,16)11(14)15/h4-5,8,13,16H,6-7H2,1-3H3,(H,14,15). The molecular weight excluding hydrogens is 238 g/mol. The molecule has 0 amide bonds. The largest absolute Gasteiger partial charge is 0.479 e. The second-order valence-corrected chi connectivity index (χ2v) is 5.95. The summed E-state index contributed by atoms with van der Waals surface area (Å²) in [6.07, 6.45) is 0.841. The summed E-state index contributed by atoms with van der Waals surface area (Å²) >= 11 is 1.74. The van der Waals surface area contributed by atoms with Crippen LogP contribution in [0.3, 0.4) is 0 Å². The lowest BCUT2D eigenvalue weighted by Crippen LogP contribution is -2.47. The topological polar surface area (TPSA) is 69.6 Å². The molecule has 0 aliphatic heterocycles. The monoisotopic (exact) mass is 257 g/mol. The summed E-state index contributed by atoms with van der Waals surface area (Å²) < 4.78 is 0. The number of aliphatic hydroxyl groups is 1. The number of aliphatic carboxylic acids is 1. The first-order chi connectivity index (χ1) is 7.81. The van der Waals surface area contributed by atoms with Gasteiger partial charge in [0.1, 0.15) is 0 Å². The highest BCUT2D eigenvalue weighted by atomic mass is 32.1. The van der Waals surface area contributed by atoms with Crippen molar-refractivity contribution >= 4 is 17.3 Å². The average molecular weight is 257 g/mol. The van der Waals surface area contributed by atoms with Crippen LogP contribution in [0.1, 0.15) is 23.6 Å². The molecule has 1 aromatic heterocycles. The molecule has 0 bridgehead atoms. The highest BCUT2D eigenvalue weighted by molar-refractivity contribution is 7.11. The maximum absolute atomic E-state index is 10.7. The Morgan fingerprint density at radius 3 is 2.71 bits per heavy atom. The smallest absolute Gasteiger partial charge is 0.336 e. The summed E-state index contributed by atoms with van der Waals surface area (Å²) in [5, 5.41) is 21.3. The molecule has 0 fully saturated rings. The summed E-state index contributed by atoms with van der Waals surface area (Å²) in [7, 11) is 0. The van der Waals surface area contributed by atoms with Crippen LogP contribution in [0.2, 0.25) is 0 Å². The van der Waals surface area contributed by atoms with E-state index >= 15 is 0 Å². The molecule has 96 valence electrons. The second kappa shape index (κ2) is 5.62. The molecule has 17 heavy (non-hydrogen) atoms. The number of hydrogen-bond acceptors (Lipinski definition) is 4. The van der Waals surface area contributed by atoms with E-state index in [2.05, 4.69) is 24.4 Å². The first-order valence-corrected chi connectivity index (χ1v) is 6.37. The molecule has 3 N–H and O–H groups in total. The Hall–Kier alpha value is -0.910. The lowest BCUT2D eigenvalue weighted by atomic mass is 10.1. The van der Waals surface area contributed by atoms with E-state index in [-0.39, 0.29) is 12.6 Å². The quantitative estimate of drug-likeness (QED) is 0.721. The second-order valence-electron chi connectivity index (χ2n) is 4.58. The predicted octanol–water partition coefficient (Wildman–Crippen LogP) is 1.41. The number of carbonyl (C=O) groups is 1. The predicted molar refractivity (Wildman–Crippen MR) is 68.5 cm³/mol. The minimum absolute atomic E-state index is 0.0495. The van der Waals surface area contributed by atoms with Gasteiger partial charge in [0.05, 0.1) is 0 Å². The zero-order chi connectivity index (χ0) is 13.1. The number of aryl methyl sites for hydroxylation is 1. The molecule has 2 atom stereocenters. The van der Waals surface area contributed by atoms with Crippen LogP contribution in [-0.2, 0) is 11.2 Å². The van der Waals surface area contributed by atoms with E-state index in [1.54, 1.807) is 11.3 Å². The molecule has 1 heterocycles. The highest BCUT2D eigenvalue weighted by Crippen LogP contribution is 2.16. The summed E-state index contributed by atoms with van der Waals surface area (Å²) in [5.74, 6) is -1.20. The zero-order valence-electron chi connectivity index (χ0n) is 10.4. The fourth-order valence-corrected chi connectivity index (χ4v) is 2.44. The van der Waals surface area contributed by atoms with Crippen molar-refractivity contribution in [3.05, 3.63) is 21.9 Å². The van der Waals surface area contributed by atoms with Crippen LogP contribution < -0.4 is 5.32 Å². The van der Waals surface area contributed by atoms with Crippen LogP contribution in [-0.4, -0.2) is 34.4 Å². The van der Waals surface area contributed by atoms with E-state index < -0.39 is 11.6 Å². The molecule has 0 saturated heterocycles. The fourth-order valence-electron chi connectivity index (χ4n) is 1.42. The first-order valence-electron chi connectivity index (χ1n) is 5.56. The molecule has 4 nitrogen and oxygen atoms in total. The van der Waals surface area contributed by atoms with Crippen LogP contribution in [0.15, 0.2) is 12.1 Å². The number of carboxylic acid groups (broad SMARTS) is 1. The fraction of sp³-hybridized carbons (Fsp3) is 0.583. The Bertz CT molecular complexity index is 387. The van der Waals surface area contributed by atoms with Crippen LogP contribution >= 0.6 is 11.3 Å². The third-order valence-electron chi connectivity index (χ3n) is 2.56. The molecular formula is C12H19NO3S. The van der Waals surface area contributed by atoms with Gasteiger partial charge in [-0.1, -0.05) is 0 Å². The molecule has 1 aromatic rings. The van der Waals surface area contributed by atoms with E-state index in [1.807, 2.05) is 6.92 Å². The van der Waals surface area contributed by atoms with Gasteiger partial charge in [0, 0.05) is 22.3 Å². The Labute approximate surface area is 105 Å². The van der Waals surface area contributed by atoms with Crippen molar-refractivity contribution in [2.24, 2.45) is 0 Å². The molecule has 0 aliphatic carbocycles. The van der Waals surface area contributed by atoms with E-state index in [4.69, 9.17) is 5.11 Å². The number of rotatable bonds is 6. The van der Waals surface area contributed by atoms with Gasteiger partial charge in [0.2, 0.25) is 0 Å². The third-order valence-corrected chi connectivity index (χ3v) is 3.58. The van der Waals surface area contributed by atoms with E-state index in [9.17, 15) is 9.90 Å². The van der Waals surface area contributed by atoms with Gasteiger partial charge < -0.3 is 15.5 Å². The summed E-state index contributed by atoms with van der Waals surface area (Å²) in [6.45, 7) is 5.38. The number of thiophene rings is 1. The molecule has 0 aromatic carbocycles. The van der Waals surface area contributed by atoms with Gasteiger partial charge in [-0.2, -0.15) is 0 Å². The lowest BCUT2D eigenvalue weighted by Gasteiger charge is -2.21. The van der Waals surface area contributed by atoms with Gasteiger partial charge in [-0.15, -0.1) is 11.3 Å². The van der Waals surface area contributed by atoms with Gasteiger partial charge in [-0.25, -0.2) is 4.79 Å². The summed E-state index contributed by atoms with van der Waals surface area (Å²) in [6, 6.07) is 4.28. The molecule has 0 radical (unpaired) electrons. The summed E-state index contributed by atoms with van der Waals surface area (Å²) in [4.78, 5) is 13.2. The Balaban J connectivity index is 2.40. The number of carboxylic acids is 1. The van der Waals surface area contributed by atoms with Gasteiger partial charge in [-0.05, 0) is 39.3 Å². The van der Waals surface area contributed by atoms with E-state index in [0.29, 0.717) is 0 Å². The van der Waals surface area contributed by atoms with Crippen molar-refractivity contribution in [3.63, 3.8) is 0 Å². The Kier molecular flexibility index (Phi) is 4.68. The molecule has 0 aliphatic rings. The normalized spacial score (nSPS) is 16.5. The summed E-state index contributed by atoms with van der Waals surface area (Å²) in [5.41, 5.74) is -1.71. The van der Waals surface area contributed by atoms with Crippen LogP contribution in [0.25, 0.3) is 0 Å². The van der Waals surface area contributed by atoms with Gasteiger partial charge in [-0.3, -0.25) is 0 Å². The lowest BCUT2D eigenvalue weighted by molar-refractivity contribution is -0.156. The SMILES string of the molecule is Cc1ccc(CC(C)NCC(C)(O)C(=O)O)s1. The maximum Gasteiger partial charge on any atom is 0.336 e. The van der Waals surface area contributed by atoms with Gasteiger partial charge in [0.15, 0.2) is 5.60 Å². The van der Waals surface area contributed by atoms with Gasteiger partial charge >= 0.3 is 5.97 Å². The molecule has 0 spiro atoms. The highest BCUT2D eigenvalue weighted by Gasteiger charge is 2.29. The molecule has 5 heteroatoms. The number of hydrogen-bond donors (Lipinski definition) is 3. The third kappa shape index (κ3) is 4.46. The van der Waals surface area contributed by atoms with Crippen molar-refractivity contribution in [2.75, 3.05) is 6.54 Å². The number of nitrogens with one attached hydrogen (secondary N) is 1. The van der Waals surface area contributed by atoms with Crippen LogP contribution in [0, 0.1) is 6.92 Å². The molecule has 2 unspecified atom stereocenters. The van der Waals surface area contributed by atoms with E-state index in [1.165, 1.54) is 16.7 Å². The minimum atomic E-state index is -1.71. The van der Waals surface area contributed by atoms with Gasteiger partial charge in [0.25, 0.3) is 0 Å². The zero-order valence-corrected chi connectivity index (χ0v) is 11.2. The Morgan fingerprint density at radius 2 is 2.24 bits per heavy atom. The minimum Gasteiger partial charge on any atom is -0.479 e. The van der Waals surface area contributed by atoms with Crippen molar-refractivity contribution in [1.29, 1.82) is 0 Å². The molecule has 1 rings (SSSR count).